The number of ether oxygens (including phenoxy) is 2. The predicted molar refractivity (Wildman–Crippen MR) is 77.4 cm³/mol. The number of hydrogen-bond donors (Lipinski definition) is 0. The number of halogens is 3. The zero-order chi connectivity index (χ0) is 17.3. The Bertz CT molecular complexity index is 636. The van der Waals surface area contributed by atoms with Gasteiger partial charge in [0.1, 0.15) is 5.75 Å². The normalized spacial score (nSPS) is 21.9. The molecule has 2 aliphatic heterocycles. The van der Waals surface area contributed by atoms with E-state index < -0.39 is 17.0 Å². The lowest BCUT2D eigenvalue weighted by molar-refractivity contribution is -0.385. The first-order valence-corrected chi connectivity index (χ1v) is 7.64. The minimum Gasteiger partial charge on any atom is -0.467 e. The summed E-state index contributed by atoms with van der Waals surface area (Å²) in [4.78, 5) is 12.2. The van der Waals surface area contributed by atoms with Gasteiger partial charge in [-0.25, -0.2) is 0 Å². The second-order valence-corrected chi connectivity index (χ2v) is 6.08. The van der Waals surface area contributed by atoms with Crippen LogP contribution >= 0.6 is 0 Å². The van der Waals surface area contributed by atoms with Crippen LogP contribution in [0.3, 0.4) is 0 Å². The lowest BCUT2D eigenvalue weighted by Gasteiger charge is -2.34. The van der Waals surface area contributed by atoms with Gasteiger partial charge in [0, 0.05) is 36.3 Å². The van der Waals surface area contributed by atoms with Crippen LogP contribution in [0.1, 0.15) is 24.0 Å². The molecule has 0 unspecified atom stereocenters. The van der Waals surface area contributed by atoms with Crippen LogP contribution in [0.4, 0.5) is 18.9 Å². The summed E-state index contributed by atoms with van der Waals surface area (Å²) < 4.78 is 49.4. The lowest BCUT2D eigenvalue weighted by Crippen LogP contribution is -2.41. The molecule has 1 aromatic rings. The summed E-state index contributed by atoms with van der Waals surface area (Å²) in [5, 5.41) is 11.1. The Balaban J connectivity index is 1.83. The van der Waals surface area contributed by atoms with E-state index in [9.17, 15) is 23.3 Å². The topological polar surface area (TPSA) is 64.8 Å². The molecule has 0 bridgehead atoms. The van der Waals surface area contributed by atoms with Crippen LogP contribution in [0.25, 0.3) is 0 Å². The third-order valence-corrected chi connectivity index (χ3v) is 4.34. The fraction of sp³-hybridized carbons (Fsp3) is 0.600. The van der Waals surface area contributed by atoms with Gasteiger partial charge in [-0.1, -0.05) is 0 Å². The number of nitrogens with zero attached hydrogens (tertiary/aromatic N) is 2. The molecule has 0 radical (unpaired) electrons. The van der Waals surface area contributed by atoms with E-state index in [4.69, 9.17) is 9.47 Å². The quantitative estimate of drug-likeness (QED) is 0.621. The van der Waals surface area contributed by atoms with Gasteiger partial charge in [-0.15, -0.1) is 0 Å². The molecule has 2 aliphatic rings. The van der Waals surface area contributed by atoms with E-state index in [1.165, 1.54) is 12.1 Å². The van der Waals surface area contributed by atoms with Gasteiger partial charge in [-0.05, 0) is 19.4 Å². The molecule has 1 atom stereocenters. The van der Waals surface area contributed by atoms with E-state index in [1.807, 2.05) is 0 Å². The second kappa shape index (κ2) is 6.56. The van der Waals surface area contributed by atoms with Crippen molar-refractivity contribution in [2.45, 2.75) is 32.2 Å². The molecule has 1 aromatic carbocycles. The molecule has 24 heavy (non-hydrogen) atoms. The standard InChI is InChI=1S/C15H17F3N2O4/c16-15(17,18)12-2-1-3-19(7-12)6-10-4-13(20(21)22)5-11-8-23-9-24-14(10)11/h4-5,12H,1-3,6-9H2/t12-/m1/s1. The molecule has 0 saturated carbocycles. The third-order valence-electron chi connectivity index (χ3n) is 4.34. The van der Waals surface area contributed by atoms with Gasteiger partial charge in [0.25, 0.3) is 5.69 Å². The van der Waals surface area contributed by atoms with Crippen molar-refractivity contribution in [2.75, 3.05) is 19.9 Å². The molecular formula is C15H17F3N2O4. The molecule has 1 fully saturated rings. The first kappa shape index (κ1) is 17.0. The van der Waals surface area contributed by atoms with Crippen LogP contribution in [-0.4, -0.2) is 35.9 Å². The molecule has 3 rings (SSSR count). The molecule has 1 saturated heterocycles. The molecule has 0 amide bonds. The molecule has 6 nitrogen and oxygen atoms in total. The first-order valence-electron chi connectivity index (χ1n) is 7.64. The van der Waals surface area contributed by atoms with E-state index in [2.05, 4.69) is 0 Å². The van der Waals surface area contributed by atoms with E-state index in [-0.39, 0.29) is 38.6 Å². The molecule has 0 aromatic heterocycles. The van der Waals surface area contributed by atoms with E-state index in [0.29, 0.717) is 29.8 Å². The van der Waals surface area contributed by atoms with Gasteiger partial charge < -0.3 is 9.47 Å². The van der Waals surface area contributed by atoms with E-state index in [0.717, 1.165) is 0 Å². The lowest BCUT2D eigenvalue weighted by atomic mass is 9.96. The number of alkyl halides is 3. The van der Waals surface area contributed by atoms with Crippen molar-refractivity contribution in [1.82, 2.24) is 4.90 Å². The van der Waals surface area contributed by atoms with Crippen LogP contribution < -0.4 is 4.74 Å². The Labute approximate surface area is 136 Å². The summed E-state index contributed by atoms with van der Waals surface area (Å²) in [7, 11) is 0. The van der Waals surface area contributed by atoms with Crippen LogP contribution in [0.5, 0.6) is 5.75 Å². The van der Waals surface area contributed by atoms with Crippen molar-refractivity contribution in [3.8, 4) is 5.75 Å². The number of fused-ring (bicyclic) bond motifs is 1. The number of nitro groups is 1. The minimum absolute atomic E-state index is 0.0307. The summed E-state index contributed by atoms with van der Waals surface area (Å²) in [6.07, 6.45) is -3.65. The zero-order valence-corrected chi connectivity index (χ0v) is 12.8. The Hall–Kier alpha value is -1.87. The Kier molecular flexibility index (Phi) is 4.64. The maximum absolute atomic E-state index is 12.9. The van der Waals surface area contributed by atoms with Gasteiger partial charge in [0.15, 0.2) is 6.79 Å². The van der Waals surface area contributed by atoms with E-state index >= 15 is 0 Å². The highest BCUT2D eigenvalue weighted by atomic mass is 19.4. The smallest absolute Gasteiger partial charge is 0.393 e. The molecule has 0 N–H and O–H groups in total. The largest absolute Gasteiger partial charge is 0.467 e. The number of non-ortho nitro benzene ring substituents is 1. The van der Waals surface area contributed by atoms with Crippen molar-refractivity contribution < 1.29 is 27.6 Å². The fourth-order valence-corrected chi connectivity index (χ4v) is 3.21. The number of piperidine rings is 1. The van der Waals surface area contributed by atoms with Crippen molar-refractivity contribution in [3.63, 3.8) is 0 Å². The van der Waals surface area contributed by atoms with Gasteiger partial charge in [0.2, 0.25) is 0 Å². The fourth-order valence-electron chi connectivity index (χ4n) is 3.21. The average Bonchev–Trinajstić information content (AvgIpc) is 2.54. The van der Waals surface area contributed by atoms with Crippen molar-refractivity contribution in [2.24, 2.45) is 5.92 Å². The summed E-state index contributed by atoms with van der Waals surface area (Å²) >= 11 is 0. The highest BCUT2D eigenvalue weighted by Gasteiger charge is 2.41. The SMILES string of the molecule is O=[N+]([O-])c1cc2c(c(CN3CCC[C@@H](C(F)(F)F)C3)c1)OCOC2. The van der Waals surface area contributed by atoms with Gasteiger partial charge >= 0.3 is 6.18 Å². The monoisotopic (exact) mass is 346 g/mol. The number of nitro benzene ring substituents is 1. The Morgan fingerprint density at radius 2 is 2.17 bits per heavy atom. The van der Waals surface area contributed by atoms with Crippen LogP contribution in [0.2, 0.25) is 0 Å². The highest BCUT2D eigenvalue weighted by molar-refractivity contribution is 5.50. The van der Waals surface area contributed by atoms with Crippen LogP contribution in [-0.2, 0) is 17.9 Å². The number of likely N-dealkylation sites (tertiary alicyclic amines) is 1. The summed E-state index contributed by atoms with van der Waals surface area (Å²) in [5.41, 5.74) is 0.974. The maximum Gasteiger partial charge on any atom is 0.393 e. The zero-order valence-electron chi connectivity index (χ0n) is 12.8. The molecule has 2 heterocycles. The third kappa shape index (κ3) is 3.62. The summed E-state index contributed by atoms with van der Waals surface area (Å²) in [5.74, 6) is -0.869. The molecule has 0 spiro atoms. The van der Waals surface area contributed by atoms with Gasteiger partial charge in [-0.3, -0.25) is 15.0 Å². The number of benzene rings is 1. The first-order chi connectivity index (χ1) is 11.3. The highest BCUT2D eigenvalue weighted by Crippen LogP contribution is 2.36. The van der Waals surface area contributed by atoms with Crippen LogP contribution in [0.15, 0.2) is 12.1 Å². The van der Waals surface area contributed by atoms with Crippen LogP contribution in [0, 0.1) is 16.0 Å². The van der Waals surface area contributed by atoms with E-state index in [1.54, 1.807) is 4.90 Å². The van der Waals surface area contributed by atoms with Crippen molar-refractivity contribution in [1.29, 1.82) is 0 Å². The number of rotatable bonds is 3. The Morgan fingerprint density at radius 3 is 2.88 bits per heavy atom. The molecule has 132 valence electrons. The maximum atomic E-state index is 12.9. The number of hydrogen-bond acceptors (Lipinski definition) is 5. The molecule has 0 aliphatic carbocycles. The predicted octanol–water partition coefficient (Wildman–Crippen LogP) is 3.24. The van der Waals surface area contributed by atoms with Gasteiger partial charge in [-0.2, -0.15) is 13.2 Å². The summed E-state index contributed by atoms with van der Waals surface area (Å²) in [6.45, 7) is 0.840. The Morgan fingerprint density at radius 1 is 1.38 bits per heavy atom. The molecule has 9 heteroatoms. The summed E-state index contributed by atoms with van der Waals surface area (Å²) in [6, 6.07) is 2.76. The molecular weight excluding hydrogens is 329 g/mol. The van der Waals surface area contributed by atoms with Crippen molar-refractivity contribution >= 4 is 5.69 Å². The second-order valence-electron chi connectivity index (χ2n) is 6.08. The van der Waals surface area contributed by atoms with Crippen molar-refractivity contribution in [3.05, 3.63) is 33.4 Å². The van der Waals surface area contributed by atoms with Gasteiger partial charge in [0.05, 0.1) is 17.4 Å². The average molecular weight is 346 g/mol. The minimum atomic E-state index is -4.22.